The van der Waals surface area contributed by atoms with Crippen LogP contribution >= 0.6 is 8.60 Å². The molecule has 3 nitrogen and oxygen atoms in total. The molecule has 0 aliphatic heterocycles. The number of rotatable bonds is 27. The standard InChI is InChI=1S/C84H123O3P/c1-25-31-34-61(28-4)82(70-49-37-64(38-50-70)76(7,8)9,71-51-39-65(40-52-71)77(10,11)12)85-88(86-83(62(29-5)35-32-26-2,72-53-41-66(42-54-72)78(13,14)15)73-55-43-67(44-56-73)79(16,17)18)87-84(63(30-6)36-33-27-3,74-57-45-68(46-58-74)80(19,20)21)75-59-47-69(48-60-75)81(22,23)24/h37-63H,25-36H2,1-24H3. The molecule has 0 saturated carbocycles. The third kappa shape index (κ3) is 16.6. The van der Waals surface area contributed by atoms with E-state index in [9.17, 15) is 0 Å². The molecule has 0 aliphatic carbocycles. The Morgan fingerprint density at radius 2 is 0.375 bits per heavy atom. The molecule has 3 unspecified atom stereocenters. The lowest BCUT2D eigenvalue weighted by Crippen LogP contribution is -2.44. The minimum atomic E-state index is -2.41. The van der Waals surface area contributed by atoms with Crippen molar-refractivity contribution >= 4 is 8.60 Å². The molecule has 4 heteroatoms. The van der Waals surface area contributed by atoms with Crippen molar-refractivity contribution in [3.63, 3.8) is 0 Å². The Labute approximate surface area is 541 Å². The summed E-state index contributed by atoms with van der Waals surface area (Å²) in [6.45, 7) is 56.0. The van der Waals surface area contributed by atoms with Crippen molar-refractivity contribution in [3.8, 4) is 0 Å². The second-order valence-electron chi connectivity index (χ2n) is 32.4. The van der Waals surface area contributed by atoms with Crippen molar-refractivity contribution in [3.05, 3.63) is 212 Å². The second-order valence-corrected chi connectivity index (χ2v) is 33.4. The molecule has 0 spiro atoms. The largest absolute Gasteiger partial charge is 0.336 e. The molecule has 0 bridgehead atoms. The van der Waals surface area contributed by atoms with Crippen molar-refractivity contribution in [1.29, 1.82) is 0 Å². The van der Waals surface area contributed by atoms with E-state index in [1.165, 1.54) is 33.4 Å². The fourth-order valence-corrected chi connectivity index (χ4v) is 15.5. The monoisotopic (exact) mass is 1210 g/mol. The van der Waals surface area contributed by atoms with Crippen LogP contribution in [0.1, 0.15) is 310 Å². The second kappa shape index (κ2) is 29.5. The Bertz CT molecular complexity index is 2520. The third-order valence-corrected chi connectivity index (χ3v) is 21.0. The zero-order valence-electron chi connectivity index (χ0n) is 60.2. The van der Waals surface area contributed by atoms with Gasteiger partial charge in [0.05, 0.1) is 0 Å². The van der Waals surface area contributed by atoms with Gasteiger partial charge in [0, 0.05) is 0 Å². The molecule has 6 aromatic rings. The van der Waals surface area contributed by atoms with E-state index in [1.54, 1.807) is 0 Å². The Kier molecular flexibility index (Phi) is 24.4. The molecule has 482 valence electrons. The first-order valence-electron chi connectivity index (χ1n) is 34.6. The van der Waals surface area contributed by atoms with Crippen LogP contribution in [0.2, 0.25) is 0 Å². The van der Waals surface area contributed by atoms with Crippen molar-refractivity contribution in [2.75, 3.05) is 0 Å². The SMILES string of the molecule is CCCCC(CC)C(OP(OC(c1ccc(C(C)(C)C)cc1)(c1ccc(C(C)(C)C)cc1)C(CC)CCCC)OC(c1ccc(C(C)(C)C)cc1)(c1ccc(C(C)(C)C)cc1)C(CC)CCCC)(c1ccc(C(C)(C)C)cc1)c1ccc(C(C)(C)C)cc1. The lowest BCUT2D eigenvalue weighted by Gasteiger charge is -2.50. The molecule has 88 heavy (non-hydrogen) atoms. The molecule has 0 aromatic heterocycles. The van der Waals surface area contributed by atoms with Gasteiger partial charge in [0.2, 0.25) is 0 Å². The van der Waals surface area contributed by atoms with Gasteiger partial charge in [0.1, 0.15) is 16.8 Å². The van der Waals surface area contributed by atoms with Crippen molar-refractivity contribution < 1.29 is 13.6 Å². The van der Waals surface area contributed by atoms with Gasteiger partial charge < -0.3 is 0 Å². The van der Waals surface area contributed by atoms with Crippen LogP contribution in [0, 0.1) is 17.8 Å². The molecule has 0 saturated heterocycles. The van der Waals surface area contributed by atoms with Gasteiger partial charge in [-0.25, -0.2) is 0 Å². The lowest BCUT2D eigenvalue weighted by atomic mass is 9.71. The predicted octanol–water partition coefficient (Wildman–Crippen LogP) is 25.5. The quantitative estimate of drug-likeness (QED) is 0.0481. The van der Waals surface area contributed by atoms with E-state index in [2.05, 4.69) is 312 Å². The van der Waals surface area contributed by atoms with Gasteiger partial charge in [0.15, 0.2) is 0 Å². The number of unbranched alkanes of at least 4 members (excludes halogenated alkanes) is 3. The van der Waals surface area contributed by atoms with Gasteiger partial charge in [-0.2, -0.15) is 0 Å². The Balaban J connectivity index is 1.94. The summed E-state index contributed by atoms with van der Waals surface area (Å²) in [6, 6.07) is 57.3. The highest BCUT2D eigenvalue weighted by Crippen LogP contribution is 2.65. The number of hydrogen-bond donors (Lipinski definition) is 0. The van der Waals surface area contributed by atoms with Gasteiger partial charge >= 0.3 is 8.60 Å². The fraction of sp³-hybridized carbons (Fsp3) is 0.571. The summed E-state index contributed by atoms with van der Waals surface area (Å²) in [7, 11) is -2.41. The Hall–Kier alpha value is -4.37. The first-order chi connectivity index (χ1) is 41.1. The highest BCUT2D eigenvalue weighted by molar-refractivity contribution is 7.41. The predicted molar refractivity (Wildman–Crippen MR) is 383 cm³/mol. The van der Waals surface area contributed by atoms with E-state index >= 15 is 0 Å². The van der Waals surface area contributed by atoms with E-state index in [4.69, 9.17) is 13.6 Å². The molecule has 0 radical (unpaired) electrons. The highest BCUT2D eigenvalue weighted by Gasteiger charge is 2.55. The summed E-state index contributed by atoms with van der Waals surface area (Å²) in [5.74, 6) is 0.105. The van der Waals surface area contributed by atoms with Gasteiger partial charge in [-0.1, -0.05) is 350 Å². The normalized spacial score (nSPS) is 14.9. The Morgan fingerprint density at radius 3 is 0.489 bits per heavy atom. The summed E-state index contributed by atoms with van der Waals surface area (Å²) < 4.78 is 26.8. The van der Waals surface area contributed by atoms with Crippen molar-refractivity contribution in [2.24, 2.45) is 17.8 Å². The average Bonchev–Trinajstić information content (AvgIpc) is 1.63. The van der Waals surface area contributed by atoms with E-state index in [0.29, 0.717) is 0 Å². The van der Waals surface area contributed by atoms with Crippen LogP contribution in [-0.2, 0) is 62.9 Å². The van der Waals surface area contributed by atoms with E-state index in [1.807, 2.05) is 0 Å². The maximum Gasteiger partial charge on any atom is 0.336 e. The van der Waals surface area contributed by atoms with Crippen LogP contribution in [0.15, 0.2) is 146 Å². The van der Waals surface area contributed by atoms with Crippen LogP contribution in [-0.4, -0.2) is 0 Å². The van der Waals surface area contributed by atoms with Crippen LogP contribution < -0.4 is 0 Å². The van der Waals surface area contributed by atoms with Crippen LogP contribution in [0.4, 0.5) is 0 Å². The Morgan fingerprint density at radius 1 is 0.239 bits per heavy atom. The molecule has 0 heterocycles. The minimum Gasteiger partial charge on any atom is -0.295 e. The molecular weight excluding hydrogens is 1090 g/mol. The summed E-state index contributed by atoms with van der Waals surface area (Å²) in [5.41, 5.74) is 11.1. The van der Waals surface area contributed by atoms with Gasteiger partial charge in [-0.05, 0) is 156 Å². The summed E-state index contributed by atoms with van der Waals surface area (Å²) in [5, 5.41) is 0. The zero-order valence-corrected chi connectivity index (χ0v) is 61.1. The van der Waals surface area contributed by atoms with Gasteiger partial charge in [0.25, 0.3) is 0 Å². The van der Waals surface area contributed by atoms with Gasteiger partial charge in [-0.3, -0.25) is 13.6 Å². The van der Waals surface area contributed by atoms with E-state index in [0.717, 1.165) is 110 Å². The summed E-state index contributed by atoms with van der Waals surface area (Å²) in [6.07, 6.45) is 11.9. The average molecular weight is 1210 g/mol. The van der Waals surface area contributed by atoms with Gasteiger partial charge in [-0.15, -0.1) is 0 Å². The molecular formula is C84H123O3P. The molecule has 0 N–H and O–H groups in total. The molecule has 3 atom stereocenters. The molecule has 0 amide bonds. The number of benzene rings is 6. The van der Waals surface area contributed by atoms with Crippen LogP contribution in [0.5, 0.6) is 0 Å². The molecule has 0 aliphatic rings. The first-order valence-corrected chi connectivity index (χ1v) is 35.7. The van der Waals surface area contributed by atoms with E-state index in [-0.39, 0.29) is 50.2 Å². The van der Waals surface area contributed by atoms with Crippen molar-refractivity contribution in [2.45, 2.75) is 293 Å². The maximum absolute atomic E-state index is 8.94. The molecule has 6 rings (SSSR count). The third-order valence-electron chi connectivity index (χ3n) is 19.7. The first kappa shape index (κ1) is 72.7. The smallest absolute Gasteiger partial charge is 0.295 e. The lowest BCUT2D eigenvalue weighted by molar-refractivity contribution is -0.0688. The fourth-order valence-electron chi connectivity index (χ4n) is 13.6. The topological polar surface area (TPSA) is 27.7 Å². The summed E-state index contributed by atoms with van der Waals surface area (Å²) in [4.78, 5) is 0. The highest BCUT2D eigenvalue weighted by atomic mass is 31.2. The molecule has 6 aromatic carbocycles. The maximum atomic E-state index is 8.94. The summed E-state index contributed by atoms with van der Waals surface area (Å²) >= 11 is 0. The molecule has 0 fully saturated rings. The van der Waals surface area contributed by atoms with Crippen LogP contribution in [0.3, 0.4) is 0 Å². The minimum absolute atomic E-state index is 0.0350. The van der Waals surface area contributed by atoms with Crippen LogP contribution in [0.25, 0.3) is 0 Å². The zero-order chi connectivity index (χ0) is 65.3. The van der Waals surface area contributed by atoms with E-state index < -0.39 is 25.4 Å². The van der Waals surface area contributed by atoms with Crippen molar-refractivity contribution in [1.82, 2.24) is 0 Å². The number of hydrogen-bond acceptors (Lipinski definition) is 3.